The van der Waals surface area contributed by atoms with Gasteiger partial charge >= 0.3 is 0 Å². The van der Waals surface area contributed by atoms with E-state index in [0.717, 1.165) is 96.3 Å². The van der Waals surface area contributed by atoms with Gasteiger partial charge in [-0.2, -0.15) is 0 Å². The lowest BCUT2D eigenvalue weighted by Crippen LogP contribution is -2.45. The van der Waals surface area contributed by atoms with Crippen LogP contribution in [0.15, 0.2) is 97.2 Å². The molecule has 0 radical (unpaired) electrons. The number of hydrogen-bond acceptors (Lipinski definition) is 6. The average molecular weight is 857 g/mol. The number of phosphoric acid groups is 1. The van der Waals surface area contributed by atoms with E-state index < -0.39 is 26.6 Å². The number of likely N-dealkylation sites (N-methyl/N-ethyl adjacent to an activating group) is 1. The van der Waals surface area contributed by atoms with E-state index in [1.54, 1.807) is 6.08 Å². The molecule has 0 saturated carbocycles. The molecule has 0 aromatic heterocycles. The topological polar surface area (TPSA) is 108 Å². The van der Waals surface area contributed by atoms with Crippen LogP contribution < -0.4 is 10.2 Å². The second kappa shape index (κ2) is 41.8. The highest BCUT2D eigenvalue weighted by molar-refractivity contribution is 7.45. The minimum atomic E-state index is -4.61. The SMILES string of the molecule is CC/C=C\C/C=C\C/C=C\C/C=C\C/C=C\CCCCCCCCCCCC(=O)NC(COP(=O)([O-])OCC[N+](C)(C)C)C(O)/C=C/CC/C=C/CC/C=C/CCCCC. The molecule has 0 bridgehead atoms. The summed E-state index contributed by atoms with van der Waals surface area (Å²) in [6.07, 6.45) is 58.9. The van der Waals surface area contributed by atoms with Crippen LogP contribution in [0, 0.1) is 0 Å². The van der Waals surface area contributed by atoms with E-state index in [1.807, 2.05) is 27.2 Å². The highest BCUT2D eigenvalue weighted by atomic mass is 31.2. The minimum Gasteiger partial charge on any atom is -0.756 e. The zero-order valence-corrected chi connectivity index (χ0v) is 39.8. The third-order valence-electron chi connectivity index (χ3n) is 9.76. The molecule has 8 nitrogen and oxygen atoms in total. The van der Waals surface area contributed by atoms with Crippen molar-refractivity contribution in [2.75, 3.05) is 40.9 Å². The van der Waals surface area contributed by atoms with Gasteiger partial charge in [-0.15, -0.1) is 0 Å². The smallest absolute Gasteiger partial charge is 0.268 e. The van der Waals surface area contributed by atoms with Crippen molar-refractivity contribution in [1.29, 1.82) is 0 Å². The van der Waals surface area contributed by atoms with Crippen LogP contribution >= 0.6 is 7.82 Å². The molecular formula is C51H89N2O6P. The summed E-state index contributed by atoms with van der Waals surface area (Å²) in [4.78, 5) is 25.3. The third-order valence-corrected chi connectivity index (χ3v) is 10.7. The lowest BCUT2D eigenvalue weighted by Gasteiger charge is -2.29. The van der Waals surface area contributed by atoms with Crippen molar-refractivity contribution >= 4 is 13.7 Å². The molecule has 3 atom stereocenters. The number of carbonyl (C=O) groups is 1. The van der Waals surface area contributed by atoms with Crippen LogP contribution in [-0.2, 0) is 18.4 Å². The molecule has 0 fully saturated rings. The largest absolute Gasteiger partial charge is 0.756 e. The van der Waals surface area contributed by atoms with Gasteiger partial charge in [0.1, 0.15) is 13.2 Å². The fourth-order valence-corrected chi connectivity index (χ4v) is 6.75. The van der Waals surface area contributed by atoms with Crippen molar-refractivity contribution < 1.29 is 32.9 Å². The van der Waals surface area contributed by atoms with E-state index in [-0.39, 0.29) is 12.5 Å². The van der Waals surface area contributed by atoms with Gasteiger partial charge in [0.2, 0.25) is 5.91 Å². The quantitative estimate of drug-likeness (QED) is 0.0274. The second-order valence-electron chi connectivity index (χ2n) is 16.7. The maximum absolute atomic E-state index is 12.9. The van der Waals surface area contributed by atoms with Gasteiger partial charge in [-0.1, -0.05) is 169 Å². The minimum absolute atomic E-state index is 0.0155. The predicted octanol–water partition coefficient (Wildman–Crippen LogP) is 12.9. The number of aliphatic hydroxyl groups excluding tert-OH is 1. The van der Waals surface area contributed by atoms with E-state index in [9.17, 15) is 19.4 Å². The Morgan fingerprint density at radius 1 is 0.600 bits per heavy atom. The summed E-state index contributed by atoms with van der Waals surface area (Å²) in [6.45, 7) is 4.44. The first-order chi connectivity index (χ1) is 29.0. The van der Waals surface area contributed by atoms with E-state index in [2.05, 4.69) is 104 Å². The third kappa shape index (κ3) is 43.5. The molecule has 1 amide bonds. The number of aliphatic hydroxyl groups is 1. The predicted molar refractivity (Wildman–Crippen MR) is 256 cm³/mol. The van der Waals surface area contributed by atoms with E-state index in [0.29, 0.717) is 17.4 Å². The number of unbranched alkanes of at least 4 members (excludes halogenated alkanes) is 14. The molecule has 0 aromatic rings. The Kier molecular flexibility index (Phi) is 40.0. The molecular weight excluding hydrogens is 768 g/mol. The Bertz CT molecular complexity index is 1290. The normalized spacial score (nSPS) is 15.1. The van der Waals surface area contributed by atoms with Crippen LogP contribution in [0.5, 0.6) is 0 Å². The summed E-state index contributed by atoms with van der Waals surface area (Å²) in [5.41, 5.74) is 0. The summed E-state index contributed by atoms with van der Waals surface area (Å²) < 4.78 is 23.2. The Hall–Kier alpha value is -2.58. The number of quaternary nitrogens is 1. The number of nitrogens with one attached hydrogen (secondary N) is 1. The fraction of sp³-hybridized carbons (Fsp3) is 0.667. The molecule has 3 unspecified atom stereocenters. The lowest BCUT2D eigenvalue weighted by atomic mass is 10.1. The summed E-state index contributed by atoms with van der Waals surface area (Å²) in [5.74, 6) is -0.224. The van der Waals surface area contributed by atoms with Crippen LogP contribution in [0.4, 0.5) is 0 Å². The first kappa shape index (κ1) is 57.4. The van der Waals surface area contributed by atoms with Gasteiger partial charge in [0.25, 0.3) is 7.82 Å². The molecule has 0 aliphatic heterocycles. The molecule has 2 N–H and O–H groups in total. The number of carbonyl (C=O) groups excluding carboxylic acids is 1. The summed E-state index contributed by atoms with van der Waals surface area (Å²) in [7, 11) is 1.21. The zero-order valence-electron chi connectivity index (χ0n) is 38.9. The molecule has 0 aliphatic carbocycles. The van der Waals surface area contributed by atoms with Gasteiger partial charge in [0, 0.05) is 6.42 Å². The van der Waals surface area contributed by atoms with Crippen LogP contribution in [0.3, 0.4) is 0 Å². The highest BCUT2D eigenvalue weighted by Crippen LogP contribution is 2.38. The molecule has 60 heavy (non-hydrogen) atoms. The van der Waals surface area contributed by atoms with Gasteiger partial charge < -0.3 is 28.8 Å². The number of allylic oxidation sites excluding steroid dienone is 15. The van der Waals surface area contributed by atoms with Crippen molar-refractivity contribution in [3.8, 4) is 0 Å². The number of amides is 1. The van der Waals surface area contributed by atoms with Gasteiger partial charge in [0.05, 0.1) is 39.9 Å². The number of hydrogen-bond donors (Lipinski definition) is 2. The maximum Gasteiger partial charge on any atom is 0.268 e. The van der Waals surface area contributed by atoms with Gasteiger partial charge in [0.15, 0.2) is 0 Å². The summed E-state index contributed by atoms with van der Waals surface area (Å²) >= 11 is 0. The van der Waals surface area contributed by atoms with Crippen molar-refractivity contribution in [3.63, 3.8) is 0 Å². The lowest BCUT2D eigenvalue weighted by molar-refractivity contribution is -0.870. The fourth-order valence-electron chi connectivity index (χ4n) is 6.03. The van der Waals surface area contributed by atoms with E-state index in [1.165, 1.54) is 51.4 Å². The number of phosphoric ester groups is 1. The molecule has 0 heterocycles. The van der Waals surface area contributed by atoms with Crippen LogP contribution in [0.1, 0.15) is 168 Å². The van der Waals surface area contributed by atoms with E-state index in [4.69, 9.17) is 9.05 Å². The number of nitrogens with zero attached hydrogens (tertiary/aromatic N) is 1. The summed E-state index contributed by atoms with van der Waals surface area (Å²) in [5, 5.41) is 13.7. The van der Waals surface area contributed by atoms with Crippen LogP contribution in [-0.4, -0.2) is 68.5 Å². The number of rotatable bonds is 41. The molecule has 344 valence electrons. The first-order valence-corrected chi connectivity index (χ1v) is 25.1. The maximum atomic E-state index is 12.9. The van der Waals surface area contributed by atoms with Crippen molar-refractivity contribution in [2.24, 2.45) is 0 Å². The van der Waals surface area contributed by atoms with Crippen LogP contribution in [0.25, 0.3) is 0 Å². The molecule has 0 saturated heterocycles. The van der Waals surface area contributed by atoms with Gasteiger partial charge in [-0.3, -0.25) is 9.36 Å². The Balaban J connectivity index is 4.36. The first-order valence-electron chi connectivity index (χ1n) is 23.6. The molecule has 0 spiro atoms. The van der Waals surface area contributed by atoms with Crippen molar-refractivity contribution in [2.45, 2.75) is 180 Å². The Labute approximate surface area is 369 Å². The van der Waals surface area contributed by atoms with Gasteiger partial charge in [-0.25, -0.2) is 0 Å². The van der Waals surface area contributed by atoms with Gasteiger partial charge in [-0.05, 0) is 89.9 Å². The Morgan fingerprint density at radius 2 is 1.03 bits per heavy atom. The summed E-state index contributed by atoms with van der Waals surface area (Å²) in [6, 6.07) is -0.918. The highest BCUT2D eigenvalue weighted by Gasteiger charge is 2.23. The zero-order chi connectivity index (χ0) is 44.3. The molecule has 0 aromatic carbocycles. The van der Waals surface area contributed by atoms with Crippen LogP contribution in [0.2, 0.25) is 0 Å². The molecule has 0 aliphatic rings. The monoisotopic (exact) mass is 857 g/mol. The van der Waals surface area contributed by atoms with E-state index >= 15 is 0 Å². The molecule has 0 rings (SSSR count). The van der Waals surface area contributed by atoms with Crippen molar-refractivity contribution in [1.82, 2.24) is 5.32 Å². The van der Waals surface area contributed by atoms with Crippen molar-refractivity contribution in [3.05, 3.63) is 97.2 Å². The molecule has 9 heteroatoms. The Morgan fingerprint density at radius 3 is 1.55 bits per heavy atom. The second-order valence-corrected chi connectivity index (χ2v) is 18.1. The average Bonchev–Trinajstić information content (AvgIpc) is 3.20. The standard InChI is InChI=1S/C51H89N2O6P/c1-6-8-10-12-14-16-18-20-21-22-23-24-25-26-27-28-29-30-31-33-35-37-39-41-43-45-51(55)52-49(48-59-60(56,57)58-47-46-53(3,4)5)50(54)44-42-40-38-36-34-32-19-17-15-13-11-9-7-2/h8,10,14-17,20-21,23-24,26-27,34,36,42,44,49-50,54H,6-7,9,11-13,18-19,22,25,28-33,35,37-41,43,45-48H2,1-5H3,(H-,52,55,56,57)/b10-8-,16-14-,17-15+,21-20-,24-23-,27-26-,36-34+,44-42+.